The number of nitrogens with zero attached hydrogens (tertiary/aromatic N) is 7. The number of nitrogen functional groups attached to an aromatic ring is 1. The smallest absolute Gasteiger partial charge is 0.455 e. The maximum Gasteiger partial charge on any atom is 0.472 e. The quantitative estimate of drug-likeness (QED) is 0.0428. The Bertz CT molecular complexity index is 2600. The lowest BCUT2D eigenvalue weighted by atomic mass is 10.1. The van der Waals surface area contributed by atoms with Crippen molar-refractivity contribution in [2.45, 2.75) is 94.4 Å². The van der Waals surface area contributed by atoms with Crippen LogP contribution in [-0.4, -0.2) is 130 Å². The van der Waals surface area contributed by atoms with Gasteiger partial charge in [-0.1, -0.05) is 30.3 Å². The highest BCUT2D eigenvalue weighted by atomic mass is 31.2. The summed E-state index contributed by atoms with van der Waals surface area (Å²) >= 11 is 0. The van der Waals surface area contributed by atoms with Gasteiger partial charge in [0.2, 0.25) is 0 Å². The Morgan fingerprint density at radius 1 is 0.985 bits per heavy atom. The summed E-state index contributed by atoms with van der Waals surface area (Å²) in [6.45, 7) is 3.10. The molecule has 0 aliphatic carbocycles. The second kappa shape index (κ2) is 20.8. The first kappa shape index (κ1) is 50.1. The molecule has 2 unspecified atom stereocenters. The van der Waals surface area contributed by atoms with Crippen molar-refractivity contribution in [3.8, 4) is 0 Å². The van der Waals surface area contributed by atoms with Crippen LogP contribution >= 0.6 is 15.6 Å². The largest absolute Gasteiger partial charge is 0.472 e. The third kappa shape index (κ3) is 13.0. The molecule has 27 nitrogen and oxygen atoms in total. The van der Waals surface area contributed by atoms with Crippen LogP contribution in [0.3, 0.4) is 0 Å². The average Bonchev–Trinajstić information content (AvgIpc) is 3.96. The zero-order chi connectivity index (χ0) is 49.0. The number of amides is 3. The van der Waals surface area contributed by atoms with Gasteiger partial charge in [-0.2, -0.15) is 10.2 Å². The van der Waals surface area contributed by atoms with Crippen LogP contribution in [0.5, 0.6) is 0 Å². The lowest BCUT2D eigenvalue weighted by Gasteiger charge is -2.30. The molecule has 4 aromatic rings. The number of esters is 1. The van der Waals surface area contributed by atoms with Crippen molar-refractivity contribution in [1.29, 1.82) is 0 Å². The Balaban J connectivity index is 1.11. The Morgan fingerprint density at radius 2 is 1.68 bits per heavy atom. The van der Waals surface area contributed by atoms with E-state index in [1.54, 1.807) is 57.2 Å². The van der Waals surface area contributed by atoms with Crippen molar-refractivity contribution in [2.24, 2.45) is 16.0 Å². The molecule has 5 heterocycles. The third-order valence-electron chi connectivity index (χ3n) is 10.2. The number of phosphoric acid groups is 2. The molecule has 10 atom stereocenters. The number of phosphoric ester groups is 2. The van der Waals surface area contributed by atoms with E-state index in [-0.39, 0.29) is 29.8 Å². The Morgan fingerprint density at radius 3 is 2.35 bits per heavy atom. The van der Waals surface area contributed by atoms with Crippen LogP contribution in [0.2, 0.25) is 0 Å². The van der Waals surface area contributed by atoms with Crippen LogP contribution in [0.15, 0.2) is 89.8 Å². The van der Waals surface area contributed by atoms with Crippen LogP contribution < -0.4 is 22.1 Å². The molecule has 2 fully saturated rings. The van der Waals surface area contributed by atoms with Gasteiger partial charge in [0.1, 0.15) is 54.1 Å². The fraction of sp³-hybridized carbons (Fsp3) is 0.436. The zero-order valence-electron chi connectivity index (χ0n) is 36.4. The number of hydrogen-bond donors (Lipinski definition) is 8. The minimum absolute atomic E-state index is 0.00559. The summed E-state index contributed by atoms with van der Waals surface area (Å²) in [5.41, 5.74) is 12.6. The Hall–Kier alpha value is -5.80. The number of aliphatic hydroxyl groups is 1. The Labute approximate surface area is 386 Å². The minimum Gasteiger partial charge on any atom is -0.455 e. The fourth-order valence-corrected chi connectivity index (χ4v) is 8.41. The van der Waals surface area contributed by atoms with Gasteiger partial charge in [0, 0.05) is 19.0 Å². The number of nitrogens with one attached hydrogen (secondary N) is 2. The number of carbonyl (C=O) groups excluding carboxylic acids is 3. The monoisotopic (exact) mass is 989 g/mol. The van der Waals surface area contributed by atoms with Crippen LogP contribution in [-0.2, 0) is 52.9 Å². The van der Waals surface area contributed by atoms with E-state index in [1.165, 1.54) is 23.2 Å². The lowest BCUT2D eigenvalue weighted by molar-refractivity contribution is -0.159. The molecule has 0 saturated carbocycles. The number of urea groups is 1. The van der Waals surface area contributed by atoms with Crippen LogP contribution in [0.4, 0.5) is 26.8 Å². The van der Waals surface area contributed by atoms with Gasteiger partial charge in [0.15, 0.2) is 23.8 Å². The van der Waals surface area contributed by atoms with E-state index in [9.17, 15) is 43.3 Å². The van der Waals surface area contributed by atoms with E-state index < -0.39 is 108 Å². The molecule has 7 rings (SSSR count). The van der Waals surface area contributed by atoms with E-state index in [4.69, 9.17) is 39.5 Å². The first-order valence-corrected chi connectivity index (χ1v) is 23.7. The molecule has 3 amide bonds. The molecule has 29 heteroatoms. The number of aliphatic hydroxyl groups excluding tert-OH is 1. The summed E-state index contributed by atoms with van der Waals surface area (Å²) in [6, 6.07) is 13.5. The number of alkyl carbamates (subject to hydrolysis) is 1. The maximum absolute atomic E-state index is 14.2. The van der Waals surface area contributed by atoms with Crippen LogP contribution in [0, 0.1) is 0 Å². The first-order valence-electron chi connectivity index (χ1n) is 20.7. The number of fused-ring (bicyclic) bond motifs is 1. The number of azo groups is 1. The molecule has 366 valence electrons. The van der Waals surface area contributed by atoms with E-state index in [1.807, 2.05) is 18.2 Å². The summed E-state index contributed by atoms with van der Waals surface area (Å²) in [6.07, 6.45) is -7.84. The second-order valence-corrected chi connectivity index (χ2v) is 19.1. The van der Waals surface area contributed by atoms with Crippen molar-refractivity contribution in [3.63, 3.8) is 0 Å². The van der Waals surface area contributed by atoms with E-state index in [0.717, 1.165) is 11.2 Å². The summed E-state index contributed by atoms with van der Waals surface area (Å²) in [4.78, 5) is 83.1. The highest BCUT2D eigenvalue weighted by Crippen LogP contribution is 2.49. The first-order chi connectivity index (χ1) is 32.1. The third-order valence-corrected chi connectivity index (χ3v) is 11.7. The van der Waals surface area contributed by atoms with Gasteiger partial charge in [0.05, 0.1) is 37.1 Å². The normalized spacial score (nSPS) is 25.6. The second-order valence-electron chi connectivity index (χ2n) is 16.4. The van der Waals surface area contributed by atoms with Gasteiger partial charge < -0.3 is 60.8 Å². The van der Waals surface area contributed by atoms with Gasteiger partial charge in [-0.3, -0.25) is 23.0 Å². The summed E-state index contributed by atoms with van der Waals surface area (Å²) in [5, 5.41) is 25.2. The topological polar surface area (TPSA) is 379 Å². The maximum atomic E-state index is 14.2. The SMILES string of the molecule is CC(C)(C)OC(=O)N[C@@H](Cc1ccc(N=Nc2ccccc2)cc1)C(=O)O[C@H]1[C@@H](O)[C@H](n2cnc3c(N)ncnc32)O[C@@H]1COP(=O)(O)O[C@H]1C[C@H](N2C=CC(N)NC2=O)O[C@@H]1COP(=O)(O)O. The van der Waals surface area contributed by atoms with Crippen molar-refractivity contribution in [3.05, 3.63) is 85.1 Å². The van der Waals surface area contributed by atoms with E-state index >= 15 is 0 Å². The van der Waals surface area contributed by atoms with Crippen LogP contribution in [0.25, 0.3) is 11.2 Å². The molecule has 0 radical (unpaired) electrons. The summed E-state index contributed by atoms with van der Waals surface area (Å²) in [5.74, 6) is -1.10. The van der Waals surface area contributed by atoms with Gasteiger partial charge >= 0.3 is 33.7 Å². The molecular formula is C39H49N11O16P2. The zero-order valence-corrected chi connectivity index (χ0v) is 38.2. The molecule has 3 aliphatic heterocycles. The molecule has 0 spiro atoms. The van der Waals surface area contributed by atoms with Crippen molar-refractivity contribution >= 4 is 62.1 Å². The number of benzene rings is 2. The number of nitrogens with two attached hydrogens (primary N) is 2. The summed E-state index contributed by atoms with van der Waals surface area (Å²) < 4.78 is 65.1. The molecule has 2 aromatic heterocycles. The molecule has 2 aromatic carbocycles. The number of hydrogen-bond acceptors (Lipinski definition) is 20. The predicted octanol–water partition coefficient (Wildman–Crippen LogP) is 2.68. The number of anilines is 1. The predicted molar refractivity (Wildman–Crippen MR) is 233 cm³/mol. The number of ether oxygens (including phenoxy) is 4. The van der Waals surface area contributed by atoms with Crippen LogP contribution in [0.1, 0.15) is 39.0 Å². The van der Waals surface area contributed by atoms with Gasteiger partial charge in [-0.15, -0.1) is 0 Å². The molecule has 10 N–H and O–H groups in total. The standard InChI is InChI=1S/C39H49N11O16P2/c1-39(2,3)65-38(54)45-24(15-21-9-11-23(12-10-21)48-47-22-7-5-4-6-8-22)36(52)64-32-27(63-35(31(32)51)50-20-44-30-33(41)42-19-43-34(30)50)18-61-68(58,59)66-25-16-29(49-14-13-28(40)46-37(49)53)62-26(25)17-60-67(55,56)57/h4-14,19-20,24-29,31-32,35,51H,15-18,40H2,1-3H3,(H,45,54)(H,46,53)(H,58,59)(H2,41,42,43)(H2,55,56,57)/t24-,25-,26+,27+,28?,29+,31+,32+,35+/m0/s1. The van der Waals surface area contributed by atoms with E-state index in [2.05, 4.69) is 40.3 Å². The highest BCUT2D eigenvalue weighted by molar-refractivity contribution is 7.47. The number of rotatable bonds is 17. The van der Waals surface area contributed by atoms with Crippen molar-refractivity contribution in [1.82, 2.24) is 35.1 Å². The average molecular weight is 990 g/mol. The molecule has 3 aliphatic rings. The Kier molecular flexibility index (Phi) is 15.3. The molecule has 2 saturated heterocycles. The highest BCUT2D eigenvalue weighted by Gasteiger charge is 2.51. The van der Waals surface area contributed by atoms with Gasteiger partial charge in [0.25, 0.3) is 0 Å². The molecular weight excluding hydrogens is 940 g/mol. The van der Waals surface area contributed by atoms with E-state index in [0.29, 0.717) is 16.9 Å². The molecule has 0 bridgehead atoms. The van der Waals surface area contributed by atoms with Crippen molar-refractivity contribution in [2.75, 3.05) is 18.9 Å². The number of imidazole rings is 1. The molecule has 68 heavy (non-hydrogen) atoms. The number of carbonyl (C=O) groups is 3. The van der Waals surface area contributed by atoms with Gasteiger partial charge in [-0.05, 0) is 56.7 Å². The fourth-order valence-electron chi connectivity index (χ4n) is 7.11. The van der Waals surface area contributed by atoms with Gasteiger partial charge in [-0.25, -0.2) is 38.5 Å². The minimum atomic E-state index is -5.26. The van der Waals surface area contributed by atoms with Crippen molar-refractivity contribution < 1.29 is 75.8 Å². The summed E-state index contributed by atoms with van der Waals surface area (Å²) in [7, 11) is -10.3. The lowest BCUT2D eigenvalue weighted by Crippen LogP contribution is -2.52. The number of aromatic nitrogens is 4.